The molecule has 3 heterocycles. The second-order valence-corrected chi connectivity index (χ2v) is 7.83. The molecule has 6 nitrogen and oxygen atoms in total. The number of benzene rings is 1. The van der Waals surface area contributed by atoms with Gasteiger partial charge in [0.25, 0.3) is 5.91 Å². The van der Waals surface area contributed by atoms with Crippen molar-refractivity contribution >= 4 is 45.6 Å². The molecule has 1 saturated heterocycles. The maximum Gasteiger partial charge on any atom is 0.324 e. The van der Waals surface area contributed by atoms with Crippen LogP contribution in [0.3, 0.4) is 0 Å². The fourth-order valence-corrected chi connectivity index (χ4v) is 5.04. The number of anilines is 2. The molecular weight excluding hydrogens is 360 g/mol. The van der Waals surface area contributed by atoms with Gasteiger partial charge in [-0.3, -0.25) is 10.1 Å². The number of primary amides is 1. The third-order valence-electron chi connectivity index (χ3n) is 4.62. The molecule has 5 N–H and O–H groups in total. The predicted octanol–water partition coefficient (Wildman–Crippen LogP) is 3.49. The SMILES string of the molecule is NC(=O)c1c(NC(=O)Nc2ccc(Cl)cc2)sc2c1C1CC[C@H](C2)N1. The van der Waals surface area contributed by atoms with Crippen LogP contribution in [0.5, 0.6) is 0 Å². The molecule has 1 aromatic heterocycles. The zero-order valence-electron chi connectivity index (χ0n) is 13.3. The molecule has 1 aromatic carbocycles. The topological polar surface area (TPSA) is 96.2 Å². The maximum absolute atomic E-state index is 12.3. The lowest BCUT2D eigenvalue weighted by Gasteiger charge is -2.22. The molecule has 0 spiro atoms. The van der Waals surface area contributed by atoms with Crippen molar-refractivity contribution in [2.24, 2.45) is 5.73 Å². The van der Waals surface area contributed by atoms with E-state index in [-0.39, 0.29) is 6.04 Å². The number of fused-ring (bicyclic) bond motifs is 4. The smallest absolute Gasteiger partial charge is 0.324 e. The molecular formula is C17H17ClN4O2S. The van der Waals surface area contributed by atoms with Crippen molar-refractivity contribution in [1.82, 2.24) is 5.32 Å². The van der Waals surface area contributed by atoms with Crippen molar-refractivity contribution in [3.05, 3.63) is 45.3 Å². The van der Waals surface area contributed by atoms with Gasteiger partial charge >= 0.3 is 6.03 Å². The zero-order valence-corrected chi connectivity index (χ0v) is 14.8. The minimum absolute atomic E-state index is 0.155. The number of hydrogen-bond acceptors (Lipinski definition) is 4. The molecule has 1 fully saturated rings. The highest BCUT2D eigenvalue weighted by Gasteiger charge is 2.38. The van der Waals surface area contributed by atoms with Gasteiger partial charge in [0.05, 0.1) is 5.56 Å². The largest absolute Gasteiger partial charge is 0.365 e. The number of carbonyl (C=O) groups excluding carboxylic acids is 2. The van der Waals surface area contributed by atoms with E-state index in [9.17, 15) is 9.59 Å². The zero-order chi connectivity index (χ0) is 17.6. The molecule has 2 aromatic rings. The average molecular weight is 377 g/mol. The van der Waals surface area contributed by atoms with Crippen LogP contribution in [-0.2, 0) is 6.42 Å². The fourth-order valence-electron chi connectivity index (χ4n) is 3.57. The first-order chi connectivity index (χ1) is 12.0. The Morgan fingerprint density at radius 3 is 2.68 bits per heavy atom. The van der Waals surface area contributed by atoms with Gasteiger partial charge in [-0.15, -0.1) is 11.3 Å². The summed E-state index contributed by atoms with van der Waals surface area (Å²) in [4.78, 5) is 25.5. The molecule has 0 saturated carbocycles. The van der Waals surface area contributed by atoms with Gasteiger partial charge in [0.2, 0.25) is 0 Å². The molecule has 8 heteroatoms. The van der Waals surface area contributed by atoms with Crippen LogP contribution in [-0.4, -0.2) is 18.0 Å². The third kappa shape index (κ3) is 3.10. The van der Waals surface area contributed by atoms with Crippen LogP contribution in [0, 0.1) is 0 Å². The Labute approximate surface area is 153 Å². The number of carbonyl (C=O) groups is 2. The number of thiophene rings is 1. The quantitative estimate of drug-likeness (QED) is 0.660. The van der Waals surface area contributed by atoms with Crippen LogP contribution >= 0.6 is 22.9 Å². The van der Waals surface area contributed by atoms with E-state index in [1.165, 1.54) is 11.3 Å². The first kappa shape index (κ1) is 16.4. The summed E-state index contributed by atoms with van der Waals surface area (Å²) in [6, 6.07) is 6.99. The molecule has 2 bridgehead atoms. The van der Waals surface area contributed by atoms with Crippen molar-refractivity contribution in [1.29, 1.82) is 0 Å². The average Bonchev–Trinajstić information content (AvgIpc) is 3.11. The molecule has 2 atom stereocenters. The standard InChI is InChI=1S/C17H17ClN4O2S/c18-8-1-3-9(4-2-8)21-17(24)22-16-14(15(19)23)13-11-6-5-10(20-11)7-12(13)25-16/h1-4,10-11,20H,5-7H2,(H2,19,23)(H2,21,22,24)/t10-,11?/m1/s1. The van der Waals surface area contributed by atoms with Crippen LogP contribution < -0.4 is 21.7 Å². The van der Waals surface area contributed by atoms with E-state index in [2.05, 4.69) is 16.0 Å². The lowest BCUT2D eigenvalue weighted by atomic mass is 9.98. The van der Waals surface area contributed by atoms with Gasteiger partial charge in [-0.25, -0.2) is 4.79 Å². The highest BCUT2D eigenvalue weighted by Crippen LogP contribution is 2.45. The van der Waals surface area contributed by atoms with Crippen LogP contribution in [0.2, 0.25) is 5.02 Å². The van der Waals surface area contributed by atoms with Gasteiger partial charge < -0.3 is 16.4 Å². The van der Waals surface area contributed by atoms with Crippen molar-refractivity contribution in [3.63, 3.8) is 0 Å². The van der Waals surface area contributed by atoms with Crippen molar-refractivity contribution in [2.75, 3.05) is 10.6 Å². The Balaban J connectivity index is 1.58. The number of nitrogens with two attached hydrogens (primary N) is 1. The number of nitrogens with one attached hydrogen (secondary N) is 3. The number of urea groups is 1. The van der Waals surface area contributed by atoms with Crippen LogP contribution in [0.1, 0.15) is 39.7 Å². The minimum Gasteiger partial charge on any atom is -0.365 e. The van der Waals surface area contributed by atoms with Gasteiger partial charge in [-0.05, 0) is 49.1 Å². The highest BCUT2D eigenvalue weighted by molar-refractivity contribution is 7.17. The Kier molecular flexibility index (Phi) is 4.15. The molecule has 25 heavy (non-hydrogen) atoms. The van der Waals surface area contributed by atoms with E-state index in [0.29, 0.717) is 27.3 Å². The second kappa shape index (κ2) is 6.33. The van der Waals surface area contributed by atoms with E-state index in [1.807, 2.05) is 0 Å². The number of halogens is 1. The summed E-state index contributed by atoms with van der Waals surface area (Å²) in [6.07, 6.45) is 2.96. The third-order valence-corrected chi connectivity index (χ3v) is 6.01. The summed E-state index contributed by atoms with van der Waals surface area (Å²) in [5, 5.41) is 10.1. The van der Waals surface area contributed by atoms with E-state index >= 15 is 0 Å². The van der Waals surface area contributed by atoms with Crippen molar-refractivity contribution in [3.8, 4) is 0 Å². The Morgan fingerprint density at radius 2 is 1.96 bits per heavy atom. The van der Waals surface area contributed by atoms with Gasteiger partial charge in [-0.2, -0.15) is 0 Å². The van der Waals surface area contributed by atoms with Gasteiger partial charge in [0, 0.05) is 27.7 Å². The summed E-state index contributed by atoms with van der Waals surface area (Å²) in [5.74, 6) is -0.508. The molecule has 0 aliphatic carbocycles. The molecule has 0 radical (unpaired) electrons. The summed E-state index contributed by atoms with van der Waals surface area (Å²) in [7, 11) is 0. The molecule has 2 aliphatic heterocycles. The normalized spacial score (nSPS) is 20.8. The fraction of sp³-hybridized carbons (Fsp3) is 0.294. The van der Waals surface area contributed by atoms with Crippen LogP contribution in [0.4, 0.5) is 15.5 Å². The monoisotopic (exact) mass is 376 g/mol. The highest BCUT2D eigenvalue weighted by atomic mass is 35.5. The van der Waals surface area contributed by atoms with Crippen LogP contribution in [0.15, 0.2) is 24.3 Å². The first-order valence-electron chi connectivity index (χ1n) is 8.06. The number of rotatable bonds is 3. The number of hydrogen-bond donors (Lipinski definition) is 4. The maximum atomic E-state index is 12.3. The molecule has 130 valence electrons. The minimum atomic E-state index is -0.508. The van der Waals surface area contributed by atoms with Crippen molar-refractivity contribution < 1.29 is 9.59 Å². The van der Waals surface area contributed by atoms with Crippen molar-refractivity contribution in [2.45, 2.75) is 31.3 Å². The van der Waals surface area contributed by atoms with E-state index in [1.54, 1.807) is 24.3 Å². The van der Waals surface area contributed by atoms with E-state index < -0.39 is 11.9 Å². The lowest BCUT2D eigenvalue weighted by molar-refractivity contribution is 0.1000. The Hall–Kier alpha value is -2.09. The second-order valence-electron chi connectivity index (χ2n) is 6.29. The van der Waals surface area contributed by atoms with E-state index in [4.69, 9.17) is 17.3 Å². The number of amides is 3. The predicted molar refractivity (Wildman–Crippen MR) is 99.5 cm³/mol. The molecule has 1 unspecified atom stereocenters. The molecule has 2 aliphatic rings. The Morgan fingerprint density at radius 1 is 1.20 bits per heavy atom. The van der Waals surface area contributed by atoms with Gasteiger partial charge in [0.15, 0.2) is 0 Å². The summed E-state index contributed by atoms with van der Waals surface area (Å²) < 4.78 is 0. The summed E-state index contributed by atoms with van der Waals surface area (Å²) in [6.45, 7) is 0. The molecule has 4 rings (SSSR count). The summed E-state index contributed by atoms with van der Waals surface area (Å²) in [5.41, 5.74) is 7.63. The van der Waals surface area contributed by atoms with Gasteiger partial charge in [0.1, 0.15) is 5.00 Å². The molecule has 3 amide bonds. The van der Waals surface area contributed by atoms with Gasteiger partial charge in [-0.1, -0.05) is 11.6 Å². The summed E-state index contributed by atoms with van der Waals surface area (Å²) >= 11 is 7.28. The van der Waals surface area contributed by atoms with Crippen LogP contribution in [0.25, 0.3) is 0 Å². The first-order valence-corrected chi connectivity index (χ1v) is 9.25. The Bertz CT molecular complexity index is 849. The van der Waals surface area contributed by atoms with E-state index in [0.717, 1.165) is 29.7 Å². The lowest BCUT2D eigenvalue weighted by Crippen LogP contribution is -2.32.